The molecule has 0 bridgehead atoms. The molecule has 0 saturated heterocycles. The van der Waals surface area contributed by atoms with Crippen LogP contribution < -0.4 is 4.18 Å². The maximum atomic E-state index is 12.4. The van der Waals surface area contributed by atoms with E-state index >= 15 is 0 Å². The first-order valence-corrected chi connectivity index (χ1v) is 9.23. The normalized spacial score (nSPS) is 23.6. The molecular formula is C17H19F3O6S. The smallest absolute Gasteiger partial charge is 0.507 e. The van der Waals surface area contributed by atoms with Crippen LogP contribution in [-0.4, -0.2) is 35.3 Å². The fourth-order valence-corrected chi connectivity index (χ4v) is 3.48. The van der Waals surface area contributed by atoms with Crippen molar-refractivity contribution in [3.8, 4) is 17.2 Å². The van der Waals surface area contributed by atoms with Crippen LogP contribution in [0, 0.1) is 5.92 Å². The number of hydrogen-bond donors (Lipinski definition) is 3. The van der Waals surface area contributed by atoms with E-state index in [1.54, 1.807) is 19.9 Å². The Morgan fingerprint density at radius 2 is 1.78 bits per heavy atom. The third-order valence-corrected chi connectivity index (χ3v) is 5.42. The maximum Gasteiger partial charge on any atom is 0.534 e. The minimum atomic E-state index is -5.94. The van der Waals surface area contributed by atoms with Gasteiger partial charge in [0.15, 0.2) is 0 Å². The molecule has 3 N–H and O–H groups in total. The van der Waals surface area contributed by atoms with Crippen molar-refractivity contribution < 1.29 is 41.1 Å². The summed E-state index contributed by atoms with van der Waals surface area (Å²) in [4.78, 5) is 0. The molecule has 150 valence electrons. The van der Waals surface area contributed by atoms with Crippen molar-refractivity contribution in [2.75, 3.05) is 0 Å². The zero-order valence-electron chi connectivity index (χ0n) is 14.5. The van der Waals surface area contributed by atoms with Crippen molar-refractivity contribution in [2.45, 2.75) is 37.8 Å². The number of aromatic hydroxyl groups is 2. The average molecular weight is 408 g/mol. The maximum absolute atomic E-state index is 12.4. The van der Waals surface area contributed by atoms with Gasteiger partial charge in [-0.05, 0) is 31.8 Å². The third kappa shape index (κ3) is 4.22. The Labute approximate surface area is 154 Å². The lowest BCUT2D eigenvalue weighted by molar-refractivity contribution is -0.0500. The number of alkyl halides is 3. The van der Waals surface area contributed by atoms with E-state index in [0.717, 1.165) is 0 Å². The number of phenolic OH excluding ortho intramolecular Hbond substituents is 2. The number of phenols is 2. The Balaban J connectivity index is 2.49. The number of halogens is 3. The number of aliphatic hydroxyl groups excluding tert-OH is 1. The van der Waals surface area contributed by atoms with E-state index in [4.69, 9.17) is 0 Å². The van der Waals surface area contributed by atoms with Gasteiger partial charge in [-0.25, -0.2) is 0 Å². The van der Waals surface area contributed by atoms with E-state index < -0.39 is 44.9 Å². The molecule has 0 heterocycles. The van der Waals surface area contributed by atoms with Crippen LogP contribution in [0.3, 0.4) is 0 Å². The molecule has 0 aromatic heterocycles. The molecule has 0 fully saturated rings. The van der Waals surface area contributed by atoms with E-state index in [9.17, 15) is 36.9 Å². The van der Waals surface area contributed by atoms with Crippen LogP contribution in [0.4, 0.5) is 13.2 Å². The Kier molecular flexibility index (Phi) is 5.53. The van der Waals surface area contributed by atoms with Crippen LogP contribution in [0.25, 0.3) is 0 Å². The summed E-state index contributed by atoms with van der Waals surface area (Å²) in [6.45, 7) is 7.20. The van der Waals surface area contributed by atoms with Crippen molar-refractivity contribution in [1.82, 2.24) is 0 Å². The molecule has 2 rings (SSSR count). The molecular weight excluding hydrogens is 389 g/mol. The van der Waals surface area contributed by atoms with Crippen LogP contribution in [-0.2, 0) is 10.1 Å². The minimum Gasteiger partial charge on any atom is -0.507 e. The molecule has 6 nitrogen and oxygen atoms in total. The number of allylic oxidation sites excluding steroid dienone is 2. The second-order valence-electron chi connectivity index (χ2n) is 6.50. The highest BCUT2D eigenvalue weighted by Crippen LogP contribution is 2.47. The lowest BCUT2D eigenvalue weighted by Gasteiger charge is -2.34. The van der Waals surface area contributed by atoms with Crippen molar-refractivity contribution in [1.29, 1.82) is 0 Å². The zero-order valence-corrected chi connectivity index (χ0v) is 15.3. The molecule has 0 radical (unpaired) electrons. The molecule has 0 amide bonds. The third-order valence-electron chi connectivity index (χ3n) is 4.44. The molecule has 0 unspecified atom stereocenters. The molecule has 0 saturated carbocycles. The van der Waals surface area contributed by atoms with Crippen LogP contribution in [0.2, 0.25) is 0 Å². The minimum absolute atomic E-state index is 0.0222. The van der Waals surface area contributed by atoms with Gasteiger partial charge in [0.2, 0.25) is 0 Å². The van der Waals surface area contributed by atoms with Gasteiger partial charge in [0.25, 0.3) is 0 Å². The molecule has 0 aliphatic heterocycles. The second-order valence-corrected chi connectivity index (χ2v) is 8.04. The Hall–Kier alpha value is -2.20. The molecule has 1 aliphatic carbocycles. The van der Waals surface area contributed by atoms with Crippen molar-refractivity contribution in [2.24, 2.45) is 5.92 Å². The van der Waals surface area contributed by atoms with Gasteiger partial charge in [-0.3, -0.25) is 0 Å². The van der Waals surface area contributed by atoms with Crippen LogP contribution in [0.15, 0.2) is 35.9 Å². The topological polar surface area (TPSA) is 104 Å². The fraction of sp³-hybridized carbons (Fsp3) is 0.412. The lowest BCUT2D eigenvalue weighted by atomic mass is 9.73. The highest BCUT2D eigenvalue weighted by atomic mass is 32.2. The van der Waals surface area contributed by atoms with Crippen LogP contribution >= 0.6 is 0 Å². The monoisotopic (exact) mass is 408 g/mol. The lowest BCUT2D eigenvalue weighted by Crippen LogP contribution is -2.28. The summed E-state index contributed by atoms with van der Waals surface area (Å²) in [7, 11) is -5.94. The fourth-order valence-electron chi connectivity index (χ4n) is 3.04. The van der Waals surface area contributed by atoms with Gasteiger partial charge >= 0.3 is 15.6 Å². The van der Waals surface area contributed by atoms with Gasteiger partial charge in [-0.15, -0.1) is 0 Å². The summed E-state index contributed by atoms with van der Waals surface area (Å²) < 4.78 is 63.4. The average Bonchev–Trinajstić information content (AvgIpc) is 2.47. The number of benzene rings is 1. The van der Waals surface area contributed by atoms with Crippen LogP contribution in [0.1, 0.15) is 31.7 Å². The summed E-state index contributed by atoms with van der Waals surface area (Å²) in [5, 5.41) is 30.5. The quantitative estimate of drug-likeness (QED) is 0.401. The van der Waals surface area contributed by atoms with Gasteiger partial charge < -0.3 is 19.5 Å². The summed E-state index contributed by atoms with van der Waals surface area (Å²) in [5.74, 6) is -3.13. The summed E-state index contributed by atoms with van der Waals surface area (Å²) >= 11 is 0. The van der Waals surface area contributed by atoms with Crippen LogP contribution in [0.5, 0.6) is 17.2 Å². The Morgan fingerprint density at radius 1 is 1.26 bits per heavy atom. The second kappa shape index (κ2) is 7.08. The number of aliphatic hydroxyl groups is 1. The van der Waals surface area contributed by atoms with E-state index in [0.29, 0.717) is 23.3 Å². The van der Waals surface area contributed by atoms with E-state index in [1.165, 1.54) is 0 Å². The van der Waals surface area contributed by atoms with E-state index in [1.807, 2.05) is 0 Å². The first kappa shape index (κ1) is 21.1. The molecule has 1 aliphatic rings. The van der Waals surface area contributed by atoms with E-state index in [2.05, 4.69) is 10.8 Å². The standard InChI is InChI=1S/C17H19F3O6S/c1-8(2)11-7-13(21)9(3)4-12(11)16-14(22)5-10(6-15(16)23)26-27(24,25)17(18,19)20/h4-6,11-13,21-23H,1,7H2,2-3H3/t11-,12+,13-/m0/s1. The Bertz CT molecular complexity index is 865. The SMILES string of the molecule is C=C(C)[C@@H]1C[C@H](O)C(C)=C[C@H]1c1c(O)cc(OS(=O)(=O)C(F)(F)F)cc1O. The molecule has 0 spiro atoms. The first-order valence-electron chi connectivity index (χ1n) is 7.83. The van der Waals surface area contributed by atoms with Crippen molar-refractivity contribution in [3.63, 3.8) is 0 Å². The summed E-state index contributed by atoms with van der Waals surface area (Å²) in [6.07, 6.45) is 1.17. The number of hydrogen-bond acceptors (Lipinski definition) is 6. The van der Waals surface area contributed by atoms with E-state index in [-0.39, 0.29) is 17.9 Å². The Morgan fingerprint density at radius 3 is 2.22 bits per heavy atom. The predicted molar refractivity (Wildman–Crippen MR) is 90.8 cm³/mol. The van der Waals surface area contributed by atoms with Crippen molar-refractivity contribution in [3.05, 3.63) is 41.5 Å². The van der Waals surface area contributed by atoms with Gasteiger partial charge in [0.1, 0.15) is 17.2 Å². The zero-order chi connectivity index (χ0) is 20.7. The molecule has 3 atom stereocenters. The summed E-state index contributed by atoms with van der Waals surface area (Å²) in [6, 6.07) is 1.37. The van der Waals surface area contributed by atoms with Gasteiger partial charge in [0, 0.05) is 23.6 Å². The first-order chi connectivity index (χ1) is 12.2. The summed E-state index contributed by atoms with van der Waals surface area (Å²) in [5.41, 5.74) is -4.41. The molecule has 10 heteroatoms. The van der Waals surface area contributed by atoms with Crippen molar-refractivity contribution >= 4 is 10.1 Å². The molecule has 1 aromatic rings. The van der Waals surface area contributed by atoms with Gasteiger partial charge in [-0.2, -0.15) is 21.6 Å². The number of rotatable bonds is 4. The molecule has 1 aromatic carbocycles. The largest absolute Gasteiger partial charge is 0.534 e. The predicted octanol–water partition coefficient (Wildman–Crippen LogP) is 3.31. The van der Waals surface area contributed by atoms with Gasteiger partial charge in [-0.1, -0.05) is 18.2 Å². The highest BCUT2D eigenvalue weighted by molar-refractivity contribution is 7.88. The van der Waals surface area contributed by atoms with Gasteiger partial charge in [0.05, 0.1) is 6.10 Å². The molecule has 27 heavy (non-hydrogen) atoms. The highest BCUT2D eigenvalue weighted by Gasteiger charge is 2.48.